The van der Waals surface area contributed by atoms with Gasteiger partial charge in [-0.15, -0.1) is 5.10 Å². The molecule has 14 heavy (non-hydrogen) atoms. The molecular formula is C6H9N5O2S. The molecule has 2 rings (SSSR count). The topological polar surface area (TPSA) is 99.0 Å². The van der Waals surface area contributed by atoms with E-state index in [1.807, 2.05) is 0 Å². The highest BCUT2D eigenvalue weighted by molar-refractivity contribution is 7.89. The molecular weight excluding hydrogens is 206 g/mol. The highest BCUT2D eigenvalue weighted by Gasteiger charge is 1.94. The van der Waals surface area contributed by atoms with Crippen LogP contribution in [0, 0.1) is 0 Å². The van der Waals surface area contributed by atoms with Crippen LogP contribution in [0.1, 0.15) is 0 Å². The first-order valence-electron chi connectivity index (χ1n) is 3.59. The molecule has 2 heterocycles. The fourth-order valence-electron chi connectivity index (χ4n) is 0.691. The summed E-state index contributed by atoms with van der Waals surface area (Å²) in [6, 6.07) is 0. The Balaban J connectivity index is 0.000000213. The lowest BCUT2D eigenvalue weighted by molar-refractivity contribution is 0.606. The van der Waals surface area contributed by atoms with Gasteiger partial charge in [-0.2, -0.15) is 0 Å². The quantitative estimate of drug-likeness (QED) is 0.557. The number of imidazole rings is 1. The first-order chi connectivity index (χ1) is 6.61. The van der Waals surface area contributed by atoms with Gasteiger partial charge in [-0.1, -0.05) is 16.4 Å². The third-order valence-corrected chi connectivity index (χ3v) is 1.14. The number of H-pyrrole nitrogens is 1. The Morgan fingerprint density at radius 3 is 2.79 bits per heavy atom. The van der Waals surface area contributed by atoms with Gasteiger partial charge in [-0.05, 0) is 0 Å². The molecule has 0 bridgehead atoms. The molecule has 0 aliphatic heterocycles. The number of hydrogen-bond acceptors (Lipinski definition) is 5. The van der Waals surface area contributed by atoms with Gasteiger partial charge in [-0.25, -0.2) is 19.3 Å². The maximum absolute atomic E-state index is 10.8. The van der Waals surface area contributed by atoms with Crippen molar-refractivity contribution in [1.29, 1.82) is 0 Å². The molecule has 0 saturated heterocycles. The molecule has 0 fully saturated rings. The maximum atomic E-state index is 10.8. The van der Waals surface area contributed by atoms with E-state index in [-0.39, 0.29) is 5.69 Å². The van der Waals surface area contributed by atoms with Gasteiger partial charge in [0, 0.05) is 0 Å². The maximum Gasteiger partial charge on any atom is 0.350 e. The van der Waals surface area contributed by atoms with E-state index >= 15 is 0 Å². The minimum atomic E-state index is -0.611. The summed E-state index contributed by atoms with van der Waals surface area (Å²) in [4.78, 5) is 14.5. The Hall–Kier alpha value is -1.41. The van der Waals surface area contributed by atoms with Crippen LogP contribution in [0.25, 0.3) is 5.65 Å². The van der Waals surface area contributed by atoms with Crippen molar-refractivity contribution in [2.45, 2.75) is 0 Å². The number of nitrogens with one attached hydrogen (secondary N) is 1. The number of hydrogen-bond donors (Lipinski definition) is 1. The van der Waals surface area contributed by atoms with Crippen LogP contribution < -0.4 is 5.69 Å². The molecule has 0 aliphatic carbocycles. The van der Waals surface area contributed by atoms with E-state index in [4.69, 9.17) is 0 Å². The lowest BCUT2D eigenvalue weighted by Gasteiger charge is -1.87. The molecule has 0 unspecified atom stereocenters. The third kappa shape index (κ3) is 2.82. The van der Waals surface area contributed by atoms with E-state index in [1.54, 1.807) is 12.5 Å². The summed E-state index contributed by atoms with van der Waals surface area (Å²) in [6.07, 6.45) is 6.12. The first-order valence-corrected chi connectivity index (χ1v) is 5.56. The molecule has 0 atom stereocenters. The SMILES string of the molecule is C[S+](C)[O-].O=c1[nH]nnc2cncn12. The predicted octanol–water partition coefficient (Wildman–Crippen LogP) is -1.19. The van der Waals surface area contributed by atoms with Gasteiger partial charge >= 0.3 is 5.69 Å². The summed E-state index contributed by atoms with van der Waals surface area (Å²) in [5.74, 6) is 0. The number of aromatic amines is 1. The molecule has 7 nitrogen and oxygen atoms in total. The van der Waals surface area contributed by atoms with Crippen molar-refractivity contribution >= 4 is 16.8 Å². The monoisotopic (exact) mass is 215 g/mol. The van der Waals surface area contributed by atoms with E-state index in [0.717, 1.165) is 0 Å². The van der Waals surface area contributed by atoms with Crippen LogP contribution in [0.3, 0.4) is 0 Å². The molecule has 76 valence electrons. The summed E-state index contributed by atoms with van der Waals surface area (Å²) >= 11 is -0.611. The second-order valence-electron chi connectivity index (χ2n) is 2.48. The second-order valence-corrected chi connectivity index (χ2v) is 3.96. The Labute approximate surface area is 82.4 Å². The van der Waals surface area contributed by atoms with Gasteiger partial charge in [0.05, 0.1) is 18.7 Å². The molecule has 0 amide bonds. The largest absolute Gasteiger partial charge is 0.617 e. The van der Waals surface area contributed by atoms with Crippen LogP contribution in [0.4, 0.5) is 0 Å². The van der Waals surface area contributed by atoms with Crippen molar-refractivity contribution < 1.29 is 4.55 Å². The average molecular weight is 215 g/mol. The molecule has 2 aromatic heterocycles. The van der Waals surface area contributed by atoms with E-state index in [9.17, 15) is 9.35 Å². The zero-order valence-corrected chi connectivity index (χ0v) is 8.48. The number of rotatable bonds is 0. The lowest BCUT2D eigenvalue weighted by atomic mass is 10.8. The van der Waals surface area contributed by atoms with Crippen LogP contribution in [0.2, 0.25) is 0 Å². The standard InChI is InChI=1S/C4H3N5O.C2H6OS/c10-4-7-8-6-3-1-5-2-9(3)4;1-4(2)3/h1-2H,(H,6,7,10);1-2H3. The van der Waals surface area contributed by atoms with Gasteiger partial charge in [0.1, 0.15) is 6.33 Å². The van der Waals surface area contributed by atoms with Crippen LogP contribution in [-0.2, 0) is 11.2 Å². The Kier molecular flexibility index (Phi) is 3.60. The van der Waals surface area contributed by atoms with Crippen molar-refractivity contribution in [3.8, 4) is 0 Å². The molecule has 0 aromatic carbocycles. The summed E-state index contributed by atoms with van der Waals surface area (Å²) < 4.78 is 10.8. The first kappa shape index (κ1) is 10.7. The fraction of sp³-hybridized carbons (Fsp3) is 0.333. The van der Waals surface area contributed by atoms with Gasteiger partial charge < -0.3 is 4.55 Å². The summed E-state index contributed by atoms with van der Waals surface area (Å²) in [7, 11) is 0. The van der Waals surface area contributed by atoms with E-state index in [0.29, 0.717) is 5.65 Å². The molecule has 2 aromatic rings. The smallest absolute Gasteiger partial charge is 0.350 e. The van der Waals surface area contributed by atoms with E-state index in [1.165, 1.54) is 16.9 Å². The molecule has 0 saturated carbocycles. The van der Waals surface area contributed by atoms with Gasteiger partial charge in [0.2, 0.25) is 0 Å². The van der Waals surface area contributed by atoms with Crippen molar-refractivity contribution in [2.24, 2.45) is 0 Å². The number of aromatic nitrogens is 5. The minimum Gasteiger partial charge on any atom is -0.617 e. The molecule has 1 N–H and O–H groups in total. The van der Waals surface area contributed by atoms with Crippen LogP contribution in [0.5, 0.6) is 0 Å². The highest BCUT2D eigenvalue weighted by Crippen LogP contribution is 1.86. The molecule has 0 spiro atoms. The van der Waals surface area contributed by atoms with Gasteiger partial charge in [-0.3, -0.25) is 0 Å². The van der Waals surface area contributed by atoms with Crippen LogP contribution in [-0.4, -0.2) is 41.9 Å². The highest BCUT2D eigenvalue weighted by atomic mass is 32.2. The van der Waals surface area contributed by atoms with Crippen molar-refractivity contribution in [3.63, 3.8) is 0 Å². The lowest BCUT2D eigenvalue weighted by Crippen LogP contribution is -2.17. The number of fused-ring (bicyclic) bond motifs is 1. The minimum absolute atomic E-state index is 0.331. The fourth-order valence-corrected chi connectivity index (χ4v) is 0.691. The zero-order valence-electron chi connectivity index (χ0n) is 7.67. The van der Waals surface area contributed by atoms with Crippen LogP contribution >= 0.6 is 0 Å². The van der Waals surface area contributed by atoms with Crippen molar-refractivity contribution in [1.82, 2.24) is 24.8 Å². The van der Waals surface area contributed by atoms with Gasteiger partial charge in [0.15, 0.2) is 5.65 Å². The number of nitrogens with zero attached hydrogens (tertiary/aromatic N) is 4. The Morgan fingerprint density at radius 1 is 1.57 bits per heavy atom. The molecule has 0 aliphatic rings. The second kappa shape index (κ2) is 4.72. The van der Waals surface area contributed by atoms with E-state index in [2.05, 4.69) is 20.4 Å². The third-order valence-electron chi connectivity index (χ3n) is 1.14. The van der Waals surface area contributed by atoms with Crippen molar-refractivity contribution in [3.05, 3.63) is 23.0 Å². The summed E-state index contributed by atoms with van der Waals surface area (Å²) in [6.45, 7) is 0. The Morgan fingerprint density at radius 2 is 2.21 bits per heavy atom. The normalized spacial score (nSPS) is 10.0. The summed E-state index contributed by atoms with van der Waals surface area (Å²) in [5.41, 5.74) is 0.117. The summed E-state index contributed by atoms with van der Waals surface area (Å²) in [5, 5.41) is 9.10. The average Bonchev–Trinajstić information content (AvgIpc) is 2.52. The van der Waals surface area contributed by atoms with Crippen molar-refractivity contribution in [2.75, 3.05) is 12.5 Å². The molecule has 0 radical (unpaired) electrons. The molecule has 8 heteroatoms. The van der Waals surface area contributed by atoms with Gasteiger partial charge in [0.25, 0.3) is 0 Å². The Bertz CT molecular complexity index is 448. The zero-order chi connectivity index (χ0) is 10.6. The van der Waals surface area contributed by atoms with E-state index < -0.39 is 11.2 Å². The van der Waals surface area contributed by atoms with Crippen LogP contribution in [0.15, 0.2) is 17.3 Å². The predicted molar refractivity (Wildman–Crippen MR) is 51.4 cm³/mol.